The van der Waals surface area contributed by atoms with Crippen LogP contribution in [-0.2, 0) is 4.74 Å². The van der Waals surface area contributed by atoms with Gasteiger partial charge in [0.05, 0.1) is 12.2 Å². The van der Waals surface area contributed by atoms with Crippen LogP contribution < -0.4 is 5.32 Å². The summed E-state index contributed by atoms with van der Waals surface area (Å²) in [5.74, 6) is 0. The Morgan fingerprint density at radius 1 is 1.05 bits per heavy atom. The molecule has 3 aliphatic rings. The summed E-state index contributed by atoms with van der Waals surface area (Å²) in [5, 5.41) is 3.51. The van der Waals surface area contributed by atoms with Crippen LogP contribution in [0.4, 0.5) is 0 Å². The van der Waals surface area contributed by atoms with Crippen molar-refractivity contribution in [2.24, 2.45) is 0 Å². The fourth-order valence-corrected chi connectivity index (χ4v) is 4.17. The number of ether oxygens (including phenoxy) is 1. The molecule has 3 atom stereocenters. The minimum atomic E-state index is 0.437. The van der Waals surface area contributed by atoms with Gasteiger partial charge >= 0.3 is 0 Å². The van der Waals surface area contributed by atoms with Gasteiger partial charge in [-0.2, -0.15) is 0 Å². The Morgan fingerprint density at radius 3 is 2.71 bits per heavy atom. The van der Waals surface area contributed by atoms with Crippen LogP contribution in [0.3, 0.4) is 0 Å². The predicted octanol–water partition coefficient (Wildman–Crippen LogP) is 1.70. The average Bonchev–Trinajstić information content (AvgIpc) is 3.03. The number of fused-ring (bicyclic) bond motifs is 1. The lowest BCUT2D eigenvalue weighted by Gasteiger charge is -2.27. The highest BCUT2D eigenvalue weighted by molar-refractivity contribution is 4.87. The molecule has 0 aromatic heterocycles. The van der Waals surface area contributed by atoms with Crippen molar-refractivity contribution >= 4 is 0 Å². The van der Waals surface area contributed by atoms with Crippen molar-refractivity contribution in [2.75, 3.05) is 39.3 Å². The number of hydrogen-bond donors (Lipinski definition) is 1. The maximum atomic E-state index is 6.25. The third kappa shape index (κ3) is 4.41. The summed E-state index contributed by atoms with van der Waals surface area (Å²) < 4.78 is 6.25. The topological polar surface area (TPSA) is 27.7 Å². The largest absolute Gasteiger partial charge is 0.372 e. The molecular formula is C17H33N3O. The zero-order chi connectivity index (χ0) is 14.7. The Kier molecular flexibility index (Phi) is 5.54. The fraction of sp³-hybridized carbons (Fsp3) is 1.00. The highest BCUT2D eigenvalue weighted by Gasteiger charge is 2.31. The van der Waals surface area contributed by atoms with Gasteiger partial charge in [-0.3, -0.25) is 9.80 Å². The van der Waals surface area contributed by atoms with Crippen LogP contribution in [0.1, 0.15) is 46.0 Å². The molecule has 122 valence electrons. The minimum Gasteiger partial charge on any atom is -0.372 e. The van der Waals surface area contributed by atoms with Gasteiger partial charge in [-0.15, -0.1) is 0 Å². The van der Waals surface area contributed by atoms with Crippen LogP contribution in [-0.4, -0.2) is 73.4 Å². The zero-order valence-electron chi connectivity index (χ0n) is 13.9. The van der Waals surface area contributed by atoms with Crippen LogP contribution in [0, 0.1) is 0 Å². The molecule has 0 saturated carbocycles. The van der Waals surface area contributed by atoms with Crippen molar-refractivity contribution in [3.8, 4) is 0 Å². The molecule has 0 bridgehead atoms. The third-order valence-electron chi connectivity index (χ3n) is 5.30. The fourth-order valence-electron chi connectivity index (χ4n) is 4.17. The summed E-state index contributed by atoms with van der Waals surface area (Å²) in [7, 11) is 0. The molecule has 0 spiro atoms. The molecule has 0 amide bonds. The predicted molar refractivity (Wildman–Crippen MR) is 86.7 cm³/mol. The van der Waals surface area contributed by atoms with Crippen LogP contribution in [0.5, 0.6) is 0 Å². The van der Waals surface area contributed by atoms with Crippen LogP contribution >= 0.6 is 0 Å². The third-order valence-corrected chi connectivity index (χ3v) is 5.30. The molecule has 0 aliphatic carbocycles. The first-order valence-electron chi connectivity index (χ1n) is 9.06. The van der Waals surface area contributed by atoms with E-state index in [9.17, 15) is 0 Å². The van der Waals surface area contributed by atoms with Crippen molar-refractivity contribution < 1.29 is 4.74 Å². The van der Waals surface area contributed by atoms with Crippen molar-refractivity contribution in [3.63, 3.8) is 0 Å². The Balaban J connectivity index is 1.42. The van der Waals surface area contributed by atoms with Crippen molar-refractivity contribution in [2.45, 2.75) is 70.2 Å². The second-order valence-corrected chi connectivity index (χ2v) is 7.47. The standard InChI is InChI=1S/C17H33N3O/c1-14(2)18-11-16-6-7-17(21-16)13-19-8-4-10-20-9-3-5-15(20)12-19/h14-18H,3-13H2,1-2H3. The van der Waals surface area contributed by atoms with Gasteiger partial charge in [-0.25, -0.2) is 0 Å². The number of nitrogens with zero attached hydrogens (tertiary/aromatic N) is 2. The Morgan fingerprint density at radius 2 is 1.86 bits per heavy atom. The first-order valence-corrected chi connectivity index (χ1v) is 9.06. The van der Waals surface area contributed by atoms with Crippen molar-refractivity contribution in [1.29, 1.82) is 0 Å². The second-order valence-electron chi connectivity index (χ2n) is 7.47. The molecule has 3 unspecified atom stereocenters. The molecule has 3 rings (SSSR count). The van der Waals surface area contributed by atoms with E-state index in [1.165, 1.54) is 58.3 Å². The smallest absolute Gasteiger partial charge is 0.0707 e. The molecule has 3 fully saturated rings. The van der Waals surface area contributed by atoms with Gasteiger partial charge in [-0.05, 0) is 51.7 Å². The molecule has 1 N–H and O–H groups in total. The lowest BCUT2D eigenvalue weighted by Crippen LogP contribution is -2.40. The molecule has 3 aliphatic heterocycles. The molecule has 0 radical (unpaired) electrons. The molecule has 0 aromatic rings. The molecule has 3 heterocycles. The lowest BCUT2D eigenvalue weighted by molar-refractivity contribution is 0.0216. The molecule has 0 aromatic carbocycles. The summed E-state index contributed by atoms with van der Waals surface area (Å²) in [6.45, 7) is 11.8. The number of nitrogens with one attached hydrogen (secondary N) is 1. The van der Waals surface area contributed by atoms with E-state index in [1.807, 2.05) is 0 Å². The van der Waals surface area contributed by atoms with Gasteiger partial charge in [0, 0.05) is 31.7 Å². The van der Waals surface area contributed by atoms with Gasteiger partial charge in [0.25, 0.3) is 0 Å². The summed E-state index contributed by atoms with van der Waals surface area (Å²) in [5.41, 5.74) is 0. The van der Waals surface area contributed by atoms with E-state index in [2.05, 4.69) is 29.0 Å². The molecule has 21 heavy (non-hydrogen) atoms. The highest BCUT2D eigenvalue weighted by atomic mass is 16.5. The summed E-state index contributed by atoms with van der Waals surface area (Å²) in [6.07, 6.45) is 7.53. The van der Waals surface area contributed by atoms with Gasteiger partial charge in [0.15, 0.2) is 0 Å². The molecular weight excluding hydrogens is 262 g/mol. The number of rotatable bonds is 5. The average molecular weight is 295 g/mol. The van der Waals surface area contributed by atoms with Gasteiger partial charge in [0.1, 0.15) is 0 Å². The van der Waals surface area contributed by atoms with E-state index in [0.29, 0.717) is 18.2 Å². The SMILES string of the molecule is CC(C)NCC1CCC(CN2CCCN3CCCC3C2)O1. The Labute approximate surface area is 130 Å². The summed E-state index contributed by atoms with van der Waals surface area (Å²) in [6, 6.07) is 1.39. The maximum absolute atomic E-state index is 6.25. The van der Waals surface area contributed by atoms with E-state index in [4.69, 9.17) is 4.74 Å². The maximum Gasteiger partial charge on any atom is 0.0707 e. The second kappa shape index (κ2) is 7.40. The zero-order valence-corrected chi connectivity index (χ0v) is 13.9. The first kappa shape index (κ1) is 15.7. The Bertz CT molecular complexity index is 323. The quantitative estimate of drug-likeness (QED) is 0.835. The normalized spacial score (nSPS) is 35.3. The molecule has 4 heteroatoms. The first-order chi connectivity index (χ1) is 10.2. The monoisotopic (exact) mass is 295 g/mol. The highest BCUT2D eigenvalue weighted by Crippen LogP contribution is 2.24. The van der Waals surface area contributed by atoms with Gasteiger partial charge in [0.2, 0.25) is 0 Å². The lowest BCUT2D eigenvalue weighted by atomic mass is 10.1. The van der Waals surface area contributed by atoms with Crippen LogP contribution in [0.2, 0.25) is 0 Å². The van der Waals surface area contributed by atoms with Crippen molar-refractivity contribution in [1.82, 2.24) is 15.1 Å². The van der Waals surface area contributed by atoms with E-state index >= 15 is 0 Å². The van der Waals surface area contributed by atoms with E-state index in [-0.39, 0.29) is 0 Å². The minimum absolute atomic E-state index is 0.437. The summed E-state index contributed by atoms with van der Waals surface area (Å²) >= 11 is 0. The Hall–Kier alpha value is -0.160. The van der Waals surface area contributed by atoms with Gasteiger partial charge < -0.3 is 10.1 Å². The van der Waals surface area contributed by atoms with E-state index < -0.39 is 0 Å². The summed E-state index contributed by atoms with van der Waals surface area (Å²) in [4.78, 5) is 5.39. The molecule has 3 saturated heterocycles. The molecule has 4 nitrogen and oxygen atoms in total. The van der Waals surface area contributed by atoms with Gasteiger partial charge in [-0.1, -0.05) is 13.8 Å². The van der Waals surface area contributed by atoms with E-state index in [1.54, 1.807) is 0 Å². The van der Waals surface area contributed by atoms with E-state index in [0.717, 1.165) is 19.1 Å². The van der Waals surface area contributed by atoms with Crippen LogP contribution in [0.15, 0.2) is 0 Å². The van der Waals surface area contributed by atoms with Crippen molar-refractivity contribution in [3.05, 3.63) is 0 Å². The number of hydrogen-bond acceptors (Lipinski definition) is 4. The van der Waals surface area contributed by atoms with Crippen LogP contribution in [0.25, 0.3) is 0 Å².